The normalized spacial score (nSPS) is 11.8. The third kappa shape index (κ3) is 8.16. The molecule has 0 saturated carbocycles. The van der Waals surface area contributed by atoms with E-state index in [2.05, 4.69) is 60.7 Å². The summed E-state index contributed by atoms with van der Waals surface area (Å²) in [5.41, 5.74) is 0. The molecule has 0 aliphatic rings. The third-order valence-electron chi connectivity index (χ3n) is 7.57. The maximum Gasteiger partial charge on any atom is 0.0878 e. The van der Waals surface area contributed by atoms with Crippen molar-refractivity contribution in [3.63, 3.8) is 0 Å². The Morgan fingerprint density at radius 3 is 1.42 bits per heavy atom. The fourth-order valence-electron chi connectivity index (χ4n) is 5.24. The lowest BCUT2D eigenvalue weighted by atomic mass is 10.1. The number of ether oxygens (including phenoxy) is 1. The molecule has 0 aromatic carbocycles. The second-order valence-corrected chi connectivity index (χ2v) is 17.7. The van der Waals surface area contributed by atoms with Crippen LogP contribution in [0.15, 0.2) is 60.7 Å². The van der Waals surface area contributed by atoms with Gasteiger partial charge in [-0.3, -0.25) is 0 Å². The standard InChI is InChI=1S/C35H38O2S6/c1-37-21-9-5-3-7-11-26-13-15-28(39-26)30-17-19-32(41-30)34-23-24-22-33(42-35(24)43-34)31-18-16-29(40-31)27-14-12-25(38-27)10-6-2-4-8-20-36/h12-19,22-23,36H,2-11,20-21H2,1H3. The number of thiophene rings is 6. The summed E-state index contributed by atoms with van der Waals surface area (Å²) >= 11 is 11.6. The summed E-state index contributed by atoms with van der Waals surface area (Å²) in [6.07, 6.45) is 11.8. The average Bonchev–Trinajstić information content (AvgIpc) is 3.84. The molecule has 0 radical (unpaired) electrons. The maximum atomic E-state index is 8.96. The molecule has 0 aliphatic carbocycles. The second-order valence-electron chi connectivity index (χ2n) is 10.9. The van der Waals surface area contributed by atoms with E-state index >= 15 is 0 Å². The summed E-state index contributed by atoms with van der Waals surface area (Å²) in [7, 11) is 1.79. The van der Waals surface area contributed by atoms with Crippen molar-refractivity contribution in [3.8, 4) is 39.0 Å². The molecule has 0 bridgehead atoms. The molecular formula is C35H38O2S6. The third-order valence-corrected chi connectivity index (χ3v) is 15.2. The highest BCUT2D eigenvalue weighted by Crippen LogP contribution is 2.47. The van der Waals surface area contributed by atoms with Crippen LogP contribution in [0, 0.1) is 0 Å². The van der Waals surface area contributed by atoms with E-state index in [4.69, 9.17) is 9.84 Å². The molecule has 0 aliphatic heterocycles. The number of aliphatic hydroxyl groups excluding tert-OH is 1. The molecule has 8 heteroatoms. The summed E-state index contributed by atoms with van der Waals surface area (Å²) in [5.74, 6) is 0. The Balaban J connectivity index is 1.06. The van der Waals surface area contributed by atoms with Gasteiger partial charge in [-0.15, -0.1) is 68.0 Å². The predicted molar refractivity (Wildman–Crippen MR) is 196 cm³/mol. The molecule has 0 fully saturated rings. The summed E-state index contributed by atoms with van der Waals surface area (Å²) in [5, 5.41) is 10.3. The van der Waals surface area contributed by atoms with Crippen LogP contribution < -0.4 is 0 Å². The second kappa shape index (κ2) is 15.6. The first-order valence-corrected chi connectivity index (χ1v) is 20.1. The van der Waals surface area contributed by atoms with Crippen molar-refractivity contribution in [2.24, 2.45) is 0 Å². The highest BCUT2D eigenvalue weighted by molar-refractivity contribution is 7.42. The van der Waals surface area contributed by atoms with E-state index in [0.717, 1.165) is 25.9 Å². The molecule has 6 aromatic rings. The minimum atomic E-state index is 0.316. The fraction of sp³-hybridized carbons (Fsp3) is 0.371. The number of unbranched alkanes of at least 4 members (excludes halogenated alkanes) is 6. The van der Waals surface area contributed by atoms with Gasteiger partial charge in [0.1, 0.15) is 0 Å². The van der Waals surface area contributed by atoms with Crippen molar-refractivity contribution < 1.29 is 9.84 Å². The minimum Gasteiger partial charge on any atom is -0.396 e. The zero-order valence-electron chi connectivity index (χ0n) is 24.6. The molecule has 1 N–H and O–H groups in total. The monoisotopic (exact) mass is 682 g/mol. The minimum absolute atomic E-state index is 0.316. The number of methoxy groups -OCH3 is 1. The van der Waals surface area contributed by atoms with Gasteiger partial charge in [-0.1, -0.05) is 25.7 Å². The van der Waals surface area contributed by atoms with Crippen LogP contribution in [0.2, 0.25) is 0 Å². The van der Waals surface area contributed by atoms with E-state index in [1.807, 2.05) is 68.0 Å². The molecule has 0 atom stereocenters. The summed E-state index contributed by atoms with van der Waals surface area (Å²) in [6, 6.07) is 23.2. The van der Waals surface area contributed by atoms with Crippen LogP contribution in [0.25, 0.3) is 48.4 Å². The van der Waals surface area contributed by atoms with Gasteiger partial charge in [0.2, 0.25) is 0 Å². The Hall–Kier alpha value is -1.62. The lowest BCUT2D eigenvalue weighted by Crippen LogP contribution is -1.88. The van der Waals surface area contributed by atoms with E-state index in [1.165, 1.54) is 103 Å². The topological polar surface area (TPSA) is 29.5 Å². The van der Waals surface area contributed by atoms with Gasteiger partial charge in [0, 0.05) is 74.5 Å². The molecule has 6 heterocycles. The molecule has 226 valence electrons. The van der Waals surface area contributed by atoms with Crippen molar-refractivity contribution >= 4 is 77.4 Å². The Labute approximate surface area is 279 Å². The van der Waals surface area contributed by atoms with Crippen LogP contribution in [-0.2, 0) is 17.6 Å². The van der Waals surface area contributed by atoms with E-state index < -0.39 is 0 Å². The zero-order valence-corrected chi connectivity index (χ0v) is 29.5. The Morgan fingerprint density at radius 2 is 0.930 bits per heavy atom. The van der Waals surface area contributed by atoms with Crippen LogP contribution in [0.1, 0.15) is 61.1 Å². The maximum absolute atomic E-state index is 8.96. The molecule has 6 aromatic heterocycles. The van der Waals surface area contributed by atoms with Crippen molar-refractivity contribution in [1.29, 1.82) is 0 Å². The van der Waals surface area contributed by atoms with Crippen LogP contribution in [0.5, 0.6) is 0 Å². The number of aliphatic hydroxyl groups is 1. The van der Waals surface area contributed by atoms with Gasteiger partial charge in [-0.2, -0.15) is 0 Å². The van der Waals surface area contributed by atoms with Gasteiger partial charge >= 0.3 is 0 Å². The lowest BCUT2D eigenvalue weighted by Gasteiger charge is -1.99. The highest BCUT2D eigenvalue weighted by Gasteiger charge is 2.15. The van der Waals surface area contributed by atoms with E-state index in [-0.39, 0.29) is 0 Å². The Kier molecular flexibility index (Phi) is 11.4. The van der Waals surface area contributed by atoms with E-state index in [9.17, 15) is 0 Å². The Bertz CT molecular complexity index is 1670. The SMILES string of the molecule is COCCCCCCc1ccc(-c2ccc(-c3cc4cc(-c5ccc(-c6ccc(CCCCCCO)s6)s5)sc4s3)s2)s1. The van der Waals surface area contributed by atoms with Gasteiger partial charge in [0.25, 0.3) is 0 Å². The van der Waals surface area contributed by atoms with Crippen LogP contribution in [-0.4, -0.2) is 25.4 Å². The zero-order chi connectivity index (χ0) is 29.4. The summed E-state index contributed by atoms with van der Waals surface area (Å²) in [4.78, 5) is 14.0. The number of hydrogen-bond donors (Lipinski definition) is 1. The van der Waals surface area contributed by atoms with Crippen molar-refractivity contribution in [2.75, 3.05) is 20.3 Å². The quantitative estimate of drug-likeness (QED) is 0.0970. The van der Waals surface area contributed by atoms with Crippen molar-refractivity contribution in [2.45, 2.75) is 64.2 Å². The largest absolute Gasteiger partial charge is 0.396 e. The van der Waals surface area contributed by atoms with Gasteiger partial charge < -0.3 is 9.84 Å². The smallest absolute Gasteiger partial charge is 0.0878 e. The van der Waals surface area contributed by atoms with Gasteiger partial charge in [-0.05, 0) is 99.2 Å². The first-order valence-electron chi connectivity index (χ1n) is 15.2. The molecule has 0 spiro atoms. The van der Waals surface area contributed by atoms with E-state index in [0.29, 0.717) is 6.61 Å². The summed E-state index contributed by atoms with van der Waals surface area (Å²) in [6.45, 7) is 1.20. The molecule has 6 rings (SSSR count). The number of rotatable bonds is 17. The number of fused-ring (bicyclic) bond motifs is 1. The first kappa shape index (κ1) is 31.4. The fourth-order valence-corrected chi connectivity index (χ4v) is 12.1. The van der Waals surface area contributed by atoms with Crippen LogP contribution in [0.3, 0.4) is 0 Å². The Morgan fingerprint density at radius 1 is 0.488 bits per heavy atom. The van der Waals surface area contributed by atoms with Gasteiger partial charge in [0.05, 0.1) is 4.01 Å². The van der Waals surface area contributed by atoms with Gasteiger partial charge in [0.15, 0.2) is 0 Å². The predicted octanol–water partition coefficient (Wildman–Crippen LogP) is 12.7. The van der Waals surface area contributed by atoms with Crippen LogP contribution in [0.4, 0.5) is 0 Å². The molecule has 0 saturated heterocycles. The van der Waals surface area contributed by atoms with Crippen molar-refractivity contribution in [3.05, 3.63) is 70.4 Å². The molecule has 2 nitrogen and oxygen atoms in total. The molecule has 0 unspecified atom stereocenters. The van der Waals surface area contributed by atoms with E-state index in [1.54, 1.807) is 7.11 Å². The lowest BCUT2D eigenvalue weighted by molar-refractivity contribution is 0.192. The van der Waals surface area contributed by atoms with Crippen molar-refractivity contribution in [1.82, 2.24) is 0 Å². The average molecular weight is 683 g/mol. The first-order chi connectivity index (χ1) is 21.2. The van der Waals surface area contributed by atoms with Gasteiger partial charge in [-0.25, -0.2) is 0 Å². The molecular weight excluding hydrogens is 645 g/mol. The molecule has 0 amide bonds. The number of hydrogen-bond acceptors (Lipinski definition) is 8. The molecule has 43 heavy (non-hydrogen) atoms. The number of aryl methyl sites for hydroxylation is 2. The highest BCUT2D eigenvalue weighted by atomic mass is 32.2. The van der Waals surface area contributed by atoms with Crippen LogP contribution >= 0.6 is 68.0 Å². The summed E-state index contributed by atoms with van der Waals surface area (Å²) < 4.78 is 6.58.